The molecule has 5 nitrogen and oxygen atoms in total. The third-order valence-electron chi connectivity index (χ3n) is 4.61. The maximum Gasteiger partial charge on any atom is 0.248 e. The lowest BCUT2D eigenvalue weighted by Gasteiger charge is -2.36. The number of benzene rings is 1. The van der Waals surface area contributed by atoms with Crippen LogP contribution in [-0.2, 0) is 15.1 Å². The number of para-hydroxylation sites is 1. The van der Waals surface area contributed by atoms with Gasteiger partial charge in [-0.05, 0) is 37.9 Å². The number of amides is 2. The summed E-state index contributed by atoms with van der Waals surface area (Å²) in [5, 5.41) is 3.55. The molecule has 2 heterocycles. The minimum Gasteiger partial charge on any atom is -0.353 e. The van der Waals surface area contributed by atoms with Gasteiger partial charge in [-0.2, -0.15) is 0 Å². The van der Waals surface area contributed by atoms with E-state index < -0.39 is 0 Å². The Morgan fingerprint density at radius 1 is 1.14 bits per heavy atom. The van der Waals surface area contributed by atoms with Crippen molar-refractivity contribution >= 4 is 17.5 Å². The molecule has 1 atom stereocenters. The van der Waals surface area contributed by atoms with Crippen LogP contribution in [0.25, 0.3) is 0 Å². The van der Waals surface area contributed by atoms with Crippen LogP contribution in [0.1, 0.15) is 25.3 Å². The van der Waals surface area contributed by atoms with Crippen LogP contribution in [0.5, 0.6) is 0 Å². The fourth-order valence-corrected chi connectivity index (χ4v) is 3.24. The Morgan fingerprint density at radius 3 is 2.43 bits per heavy atom. The zero-order valence-corrected chi connectivity index (χ0v) is 12.6. The summed E-state index contributed by atoms with van der Waals surface area (Å²) in [6.45, 7) is 3.72. The molecule has 0 radical (unpaired) electrons. The van der Waals surface area contributed by atoms with Crippen molar-refractivity contribution in [3.63, 3.8) is 0 Å². The van der Waals surface area contributed by atoms with Crippen LogP contribution in [0.3, 0.4) is 0 Å². The van der Waals surface area contributed by atoms with Crippen LogP contribution in [0.4, 0.5) is 5.69 Å². The number of carbonyl (C=O) groups excluding carboxylic acids is 2. The van der Waals surface area contributed by atoms with E-state index in [2.05, 4.69) is 18.3 Å². The second kappa shape index (κ2) is 5.15. The number of imide groups is 1. The number of anilines is 1. The number of hydrogen-bond acceptors (Lipinski definition) is 4. The SMILES string of the molecule is CN1C(=O)CN(c2ccccc2C2(C)CCCN2)CC1=O. The second-order valence-electron chi connectivity index (χ2n) is 6.08. The van der Waals surface area contributed by atoms with Crippen molar-refractivity contribution in [1.82, 2.24) is 10.2 Å². The summed E-state index contributed by atoms with van der Waals surface area (Å²) in [6, 6.07) is 8.08. The minimum atomic E-state index is -0.148. The third kappa shape index (κ3) is 2.42. The Labute approximate surface area is 124 Å². The van der Waals surface area contributed by atoms with Crippen molar-refractivity contribution in [3.8, 4) is 0 Å². The number of likely N-dealkylation sites (N-methyl/N-ethyl adjacent to an activating group) is 1. The molecule has 21 heavy (non-hydrogen) atoms. The zero-order valence-electron chi connectivity index (χ0n) is 12.6. The first-order valence-electron chi connectivity index (χ1n) is 7.40. The number of piperazine rings is 1. The highest BCUT2D eigenvalue weighted by molar-refractivity contribution is 6.02. The first-order valence-corrected chi connectivity index (χ1v) is 7.40. The van der Waals surface area contributed by atoms with Crippen molar-refractivity contribution in [3.05, 3.63) is 29.8 Å². The molecule has 0 saturated carbocycles. The van der Waals surface area contributed by atoms with Gasteiger partial charge in [0.05, 0.1) is 13.1 Å². The van der Waals surface area contributed by atoms with Gasteiger partial charge in [0.2, 0.25) is 11.8 Å². The molecule has 5 heteroatoms. The highest BCUT2D eigenvalue weighted by Crippen LogP contribution is 2.36. The molecule has 0 aliphatic carbocycles. The van der Waals surface area contributed by atoms with Crippen LogP contribution in [0, 0.1) is 0 Å². The lowest BCUT2D eigenvalue weighted by atomic mass is 9.88. The molecular weight excluding hydrogens is 266 g/mol. The zero-order chi connectivity index (χ0) is 15.0. The number of rotatable bonds is 2. The number of carbonyl (C=O) groups is 2. The van der Waals surface area contributed by atoms with Gasteiger partial charge < -0.3 is 10.2 Å². The van der Waals surface area contributed by atoms with E-state index in [4.69, 9.17) is 0 Å². The van der Waals surface area contributed by atoms with Gasteiger partial charge >= 0.3 is 0 Å². The summed E-state index contributed by atoms with van der Waals surface area (Å²) in [5.41, 5.74) is 2.09. The molecule has 1 N–H and O–H groups in total. The predicted molar refractivity (Wildman–Crippen MR) is 81.0 cm³/mol. The molecular formula is C16H21N3O2. The fraction of sp³-hybridized carbons (Fsp3) is 0.500. The van der Waals surface area contributed by atoms with E-state index in [1.807, 2.05) is 23.1 Å². The Morgan fingerprint density at radius 2 is 1.81 bits per heavy atom. The van der Waals surface area contributed by atoms with Gasteiger partial charge in [0.25, 0.3) is 0 Å². The first-order chi connectivity index (χ1) is 10.0. The molecule has 0 spiro atoms. The summed E-state index contributed by atoms with van der Waals surface area (Å²) in [5.74, 6) is -0.295. The van der Waals surface area contributed by atoms with Gasteiger partial charge in [0.15, 0.2) is 0 Å². The average Bonchev–Trinajstić information content (AvgIpc) is 2.92. The number of hydrogen-bond donors (Lipinski definition) is 1. The highest BCUT2D eigenvalue weighted by Gasteiger charge is 2.35. The van der Waals surface area contributed by atoms with Crippen molar-refractivity contribution < 1.29 is 9.59 Å². The summed E-state index contributed by atoms with van der Waals surface area (Å²) in [4.78, 5) is 27.0. The quantitative estimate of drug-likeness (QED) is 0.827. The monoisotopic (exact) mass is 287 g/mol. The fourth-order valence-electron chi connectivity index (χ4n) is 3.24. The van der Waals surface area contributed by atoms with Gasteiger partial charge in [-0.1, -0.05) is 18.2 Å². The predicted octanol–water partition coefficient (Wildman–Crippen LogP) is 1.09. The second-order valence-corrected chi connectivity index (χ2v) is 6.08. The molecule has 0 aromatic heterocycles. The highest BCUT2D eigenvalue weighted by atomic mass is 16.2. The molecule has 2 aliphatic heterocycles. The van der Waals surface area contributed by atoms with E-state index in [0.29, 0.717) is 0 Å². The van der Waals surface area contributed by atoms with Crippen LogP contribution < -0.4 is 10.2 Å². The summed E-state index contributed by atoms with van der Waals surface area (Å²) < 4.78 is 0. The smallest absolute Gasteiger partial charge is 0.248 e. The van der Waals surface area contributed by atoms with Gasteiger partial charge in [0, 0.05) is 18.3 Å². The lowest BCUT2D eigenvalue weighted by molar-refractivity contribution is -0.143. The van der Waals surface area contributed by atoms with E-state index in [0.717, 1.165) is 25.1 Å². The van der Waals surface area contributed by atoms with Crippen molar-refractivity contribution in [2.24, 2.45) is 0 Å². The lowest BCUT2D eigenvalue weighted by Crippen LogP contribution is -2.53. The van der Waals surface area contributed by atoms with E-state index in [-0.39, 0.29) is 30.4 Å². The van der Waals surface area contributed by atoms with E-state index in [1.165, 1.54) is 10.5 Å². The molecule has 3 rings (SSSR count). The molecule has 1 aromatic carbocycles. The van der Waals surface area contributed by atoms with Crippen molar-refractivity contribution in [2.45, 2.75) is 25.3 Å². The van der Waals surface area contributed by atoms with Crippen LogP contribution in [0.15, 0.2) is 24.3 Å². The van der Waals surface area contributed by atoms with Gasteiger partial charge in [-0.3, -0.25) is 14.5 Å². The normalized spacial score (nSPS) is 26.6. The summed E-state index contributed by atoms with van der Waals surface area (Å²) in [6.07, 6.45) is 2.21. The molecule has 2 saturated heterocycles. The Bertz CT molecular complexity index is 561. The van der Waals surface area contributed by atoms with E-state index >= 15 is 0 Å². The van der Waals surface area contributed by atoms with E-state index in [9.17, 15) is 9.59 Å². The Hall–Kier alpha value is -1.88. The standard InChI is InChI=1S/C16H21N3O2/c1-16(8-5-9-17-16)12-6-3-4-7-13(12)19-10-14(20)18(2)15(21)11-19/h3-4,6-7,17H,5,8-11H2,1-2H3. The van der Waals surface area contributed by atoms with E-state index in [1.54, 1.807) is 7.05 Å². The molecule has 2 fully saturated rings. The van der Waals surface area contributed by atoms with Gasteiger partial charge in [-0.25, -0.2) is 0 Å². The molecule has 1 unspecified atom stereocenters. The number of nitrogens with one attached hydrogen (secondary N) is 1. The maximum absolute atomic E-state index is 11.9. The first kappa shape index (κ1) is 14.1. The molecule has 2 aliphatic rings. The largest absolute Gasteiger partial charge is 0.353 e. The van der Waals surface area contributed by atoms with Crippen LogP contribution in [-0.4, -0.2) is 43.4 Å². The third-order valence-corrected chi connectivity index (χ3v) is 4.61. The summed E-state index contributed by atoms with van der Waals surface area (Å²) >= 11 is 0. The molecule has 2 amide bonds. The maximum atomic E-state index is 11.9. The molecule has 1 aromatic rings. The van der Waals surface area contributed by atoms with Gasteiger partial charge in [0.1, 0.15) is 0 Å². The van der Waals surface area contributed by atoms with Gasteiger partial charge in [-0.15, -0.1) is 0 Å². The summed E-state index contributed by atoms with van der Waals surface area (Å²) in [7, 11) is 1.55. The average molecular weight is 287 g/mol. The Balaban J connectivity index is 1.96. The van der Waals surface area contributed by atoms with Crippen LogP contribution >= 0.6 is 0 Å². The molecule has 112 valence electrons. The topological polar surface area (TPSA) is 52.7 Å². The van der Waals surface area contributed by atoms with Crippen LogP contribution in [0.2, 0.25) is 0 Å². The molecule has 0 bridgehead atoms. The van der Waals surface area contributed by atoms with Crippen molar-refractivity contribution in [1.29, 1.82) is 0 Å². The number of nitrogens with zero attached hydrogens (tertiary/aromatic N) is 2. The van der Waals surface area contributed by atoms with Crippen molar-refractivity contribution in [2.75, 3.05) is 31.6 Å². The Kier molecular flexibility index (Phi) is 3.45. The minimum absolute atomic E-state index is 0.0773.